The van der Waals surface area contributed by atoms with Crippen LogP contribution in [0.3, 0.4) is 0 Å². The molecule has 0 aliphatic rings. The van der Waals surface area contributed by atoms with Crippen molar-refractivity contribution in [3.05, 3.63) is 35.7 Å². The summed E-state index contributed by atoms with van der Waals surface area (Å²) in [7, 11) is 0. The molecule has 24 heavy (non-hydrogen) atoms. The monoisotopic (exact) mass is 379 g/mol. The van der Waals surface area contributed by atoms with Crippen LogP contribution >= 0.6 is 35.3 Å². The highest BCUT2D eigenvalue weighted by Crippen LogP contribution is 2.25. The van der Waals surface area contributed by atoms with Crippen LogP contribution < -0.4 is 5.32 Å². The number of rotatable bonds is 6. The van der Waals surface area contributed by atoms with Crippen LogP contribution in [0.1, 0.15) is 20.8 Å². The molecule has 0 radical (unpaired) electrons. The Balaban J connectivity index is 1.95. The summed E-state index contributed by atoms with van der Waals surface area (Å²) in [6.07, 6.45) is 0. The number of carbonyl (C=O) groups excluding carboxylic acids is 1. The van der Waals surface area contributed by atoms with Crippen molar-refractivity contribution in [2.75, 3.05) is 18.4 Å². The predicted molar refractivity (Wildman–Crippen MR) is 109 cm³/mol. The summed E-state index contributed by atoms with van der Waals surface area (Å²) in [6, 6.07) is 9.92. The zero-order chi connectivity index (χ0) is 17.5. The molecule has 0 aliphatic heterocycles. The number of carbonyl (C=O) groups is 1. The van der Waals surface area contributed by atoms with Crippen LogP contribution in [-0.4, -0.2) is 38.5 Å². The maximum Gasteiger partial charge on any atom is 0.239 e. The summed E-state index contributed by atoms with van der Waals surface area (Å²) in [5, 5.41) is 5.18. The molecule has 0 unspecified atom stereocenters. The van der Waals surface area contributed by atoms with E-state index in [1.165, 1.54) is 23.1 Å². The van der Waals surface area contributed by atoms with E-state index in [1.807, 2.05) is 42.6 Å². The first-order chi connectivity index (χ1) is 11.5. The number of thioether (sulfide) groups is 1. The molecule has 7 heteroatoms. The Morgan fingerprint density at radius 3 is 2.62 bits per heavy atom. The van der Waals surface area contributed by atoms with Crippen LogP contribution in [0.5, 0.6) is 0 Å². The second-order valence-electron chi connectivity index (χ2n) is 5.09. The first kappa shape index (κ1) is 18.9. The minimum absolute atomic E-state index is 0.0801. The third-order valence-electron chi connectivity index (χ3n) is 3.47. The SMILES string of the molecule is CCN(CC)C(=S)S[C@@H](C)C(=O)Nc1nc(-c2ccccc2)cs1. The number of benzene rings is 1. The maximum absolute atomic E-state index is 12.3. The van der Waals surface area contributed by atoms with Crippen molar-refractivity contribution in [2.24, 2.45) is 0 Å². The summed E-state index contributed by atoms with van der Waals surface area (Å²) in [5.74, 6) is -0.0801. The highest BCUT2D eigenvalue weighted by molar-refractivity contribution is 8.23. The Bertz CT molecular complexity index is 683. The zero-order valence-electron chi connectivity index (χ0n) is 14.0. The minimum Gasteiger partial charge on any atom is -0.358 e. The predicted octanol–water partition coefficient (Wildman–Crippen LogP) is 4.50. The van der Waals surface area contributed by atoms with Crippen LogP contribution in [0.25, 0.3) is 11.3 Å². The van der Waals surface area contributed by atoms with Crippen molar-refractivity contribution < 1.29 is 4.79 Å². The smallest absolute Gasteiger partial charge is 0.239 e. The lowest BCUT2D eigenvalue weighted by Crippen LogP contribution is -2.31. The van der Waals surface area contributed by atoms with Gasteiger partial charge in [-0.2, -0.15) is 0 Å². The Morgan fingerprint density at radius 1 is 1.33 bits per heavy atom. The molecule has 1 atom stereocenters. The molecule has 2 rings (SSSR count). The van der Waals surface area contributed by atoms with Gasteiger partial charge in [0.1, 0.15) is 4.32 Å². The summed E-state index contributed by atoms with van der Waals surface area (Å²) in [4.78, 5) is 18.9. The number of hydrogen-bond acceptors (Lipinski definition) is 5. The Hall–Kier alpha value is -1.44. The number of thiocarbonyl (C=S) groups is 1. The Labute approximate surface area is 156 Å². The van der Waals surface area contributed by atoms with Crippen molar-refractivity contribution in [2.45, 2.75) is 26.0 Å². The van der Waals surface area contributed by atoms with Gasteiger partial charge >= 0.3 is 0 Å². The van der Waals surface area contributed by atoms with E-state index >= 15 is 0 Å². The third-order valence-corrected chi connectivity index (χ3v) is 5.80. The molecule has 0 aliphatic carbocycles. The molecule has 1 aromatic carbocycles. The standard InChI is InChI=1S/C17H21N3OS3/c1-4-20(5-2)17(22)24-12(3)15(21)19-16-18-14(11-23-16)13-9-7-6-8-10-13/h6-12H,4-5H2,1-3H3,(H,18,19,21)/t12-/m0/s1. The average molecular weight is 380 g/mol. The molecule has 0 fully saturated rings. The lowest BCUT2D eigenvalue weighted by atomic mass is 10.2. The fourth-order valence-corrected chi connectivity index (χ4v) is 4.33. The molecule has 1 heterocycles. The lowest BCUT2D eigenvalue weighted by molar-refractivity contribution is -0.115. The van der Waals surface area contributed by atoms with E-state index in [-0.39, 0.29) is 11.2 Å². The van der Waals surface area contributed by atoms with E-state index in [0.717, 1.165) is 28.7 Å². The van der Waals surface area contributed by atoms with Gasteiger partial charge in [0.2, 0.25) is 5.91 Å². The third kappa shape index (κ3) is 5.03. The van der Waals surface area contributed by atoms with E-state index in [9.17, 15) is 4.79 Å². The number of nitrogens with zero attached hydrogens (tertiary/aromatic N) is 2. The molecule has 128 valence electrons. The highest BCUT2D eigenvalue weighted by atomic mass is 32.2. The lowest BCUT2D eigenvalue weighted by Gasteiger charge is -2.22. The molecular formula is C17H21N3OS3. The Morgan fingerprint density at radius 2 is 2.00 bits per heavy atom. The van der Waals surface area contributed by atoms with E-state index < -0.39 is 0 Å². The van der Waals surface area contributed by atoms with Gasteiger partial charge in [-0.1, -0.05) is 54.3 Å². The van der Waals surface area contributed by atoms with Gasteiger partial charge in [-0.25, -0.2) is 4.98 Å². The molecule has 1 amide bonds. The molecule has 1 N–H and O–H groups in total. The van der Waals surface area contributed by atoms with E-state index in [1.54, 1.807) is 0 Å². The van der Waals surface area contributed by atoms with Crippen molar-refractivity contribution in [1.82, 2.24) is 9.88 Å². The van der Waals surface area contributed by atoms with Gasteiger partial charge in [-0.05, 0) is 20.8 Å². The largest absolute Gasteiger partial charge is 0.358 e. The van der Waals surface area contributed by atoms with Gasteiger partial charge in [-0.15, -0.1) is 11.3 Å². The molecule has 1 aromatic heterocycles. The maximum atomic E-state index is 12.3. The average Bonchev–Trinajstić information content (AvgIpc) is 3.05. The summed E-state index contributed by atoms with van der Waals surface area (Å²) < 4.78 is 0.756. The van der Waals surface area contributed by atoms with Gasteiger partial charge in [0.25, 0.3) is 0 Å². The van der Waals surface area contributed by atoms with E-state index in [0.29, 0.717) is 5.13 Å². The van der Waals surface area contributed by atoms with Crippen LogP contribution in [0.15, 0.2) is 35.7 Å². The van der Waals surface area contributed by atoms with Crippen molar-refractivity contribution in [1.29, 1.82) is 0 Å². The molecule has 0 saturated heterocycles. The minimum atomic E-state index is -0.262. The van der Waals surface area contributed by atoms with Crippen LogP contribution in [0.4, 0.5) is 5.13 Å². The fourth-order valence-electron chi connectivity index (χ4n) is 2.04. The molecule has 4 nitrogen and oxygen atoms in total. The number of aromatic nitrogens is 1. The number of thiazole rings is 1. The molecule has 0 saturated carbocycles. The van der Waals surface area contributed by atoms with Crippen molar-refractivity contribution in [3.63, 3.8) is 0 Å². The normalized spacial score (nSPS) is 11.8. The van der Waals surface area contributed by atoms with Crippen LogP contribution in [0.2, 0.25) is 0 Å². The number of amides is 1. The number of nitrogens with one attached hydrogen (secondary N) is 1. The summed E-state index contributed by atoms with van der Waals surface area (Å²) >= 11 is 8.24. The fraction of sp³-hybridized carbons (Fsp3) is 0.353. The molecular weight excluding hydrogens is 358 g/mol. The highest BCUT2D eigenvalue weighted by Gasteiger charge is 2.19. The van der Waals surface area contributed by atoms with Gasteiger partial charge < -0.3 is 10.2 Å². The first-order valence-corrected chi connectivity index (χ1v) is 9.99. The van der Waals surface area contributed by atoms with Crippen LogP contribution in [0, 0.1) is 0 Å². The summed E-state index contributed by atoms with van der Waals surface area (Å²) in [6.45, 7) is 7.68. The number of anilines is 1. The number of hydrogen-bond donors (Lipinski definition) is 1. The van der Waals surface area contributed by atoms with E-state index in [4.69, 9.17) is 12.2 Å². The van der Waals surface area contributed by atoms with E-state index in [2.05, 4.69) is 29.0 Å². The van der Waals surface area contributed by atoms with Gasteiger partial charge in [0.05, 0.1) is 10.9 Å². The quantitative estimate of drug-likeness (QED) is 0.749. The second-order valence-corrected chi connectivity index (χ2v) is 7.92. The molecule has 2 aromatic rings. The first-order valence-electron chi connectivity index (χ1n) is 7.82. The van der Waals surface area contributed by atoms with Crippen LogP contribution in [-0.2, 0) is 4.79 Å². The summed E-state index contributed by atoms with van der Waals surface area (Å²) in [5.41, 5.74) is 1.91. The topological polar surface area (TPSA) is 45.2 Å². The Kier molecular flexibility index (Phi) is 7.20. The van der Waals surface area contributed by atoms with Crippen molar-refractivity contribution in [3.8, 4) is 11.3 Å². The molecule has 0 spiro atoms. The van der Waals surface area contributed by atoms with Gasteiger partial charge in [0, 0.05) is 24.0 Å². The van der Waals surface area contributed by atoms with Gasteiger partial charge in [-0.3, -0.25) is 4.79 Å². The molecule has 0 bridgehead atoms. The zero-order valence-corrected chi connectivity index (χ0v) is 16.4. The van der Waals surface area contributed by atoms with Crippen molar-refractivity contribution >= 4 is 50.7 Å². The second kappa shape index (κ2) is 9.15. The van der Waals surface area contributed by atoms with Gasteiger partial charge in [0.15, 0.2) is 5.13 Å².